The highest BCUT2D eigenvalue weighted by atomic mass is 79.9. The molecule has 7 nitrogen and oxygen atoms in total. The molecule has 1 atom stereocenters. The molecule has 3 aromatic rings. The number of sulfonamides is 1. The predicted molar refractivity (Wildman–Crippen MR) is 141 cm³/mol. The first-order valence-corrected chi connectivity index (χ1v) is 13.6. The molecule has 0 aliphatic carbocycles. The topological polar surface area (TPSA) is 86.8 Å². The van der Waals surface area contributed by atoms with Gasteiger partial charge in [0, 0.05) is 18.1 Å². The molecule has 0 aliphatic heterocycles. The maximum atomic E-state index is 13.6. The number of likely N-dealkylation sites (N-methyl/N-ethyl adjacent to an activating group) is 1. The fourth-order valence-corrected chi connectivity index (χ4v) is 5.58. The number of anilines is 1. The van der Waals surface area contributed by atoms with Gasteiger partial charge in [-0.3, -0.25) is 13.9 Å². The lowest BCUT2D eigenvalue weighted by Crippen LogP contribution is -2.50. The van der Waals surface area contributed by atoms with Crippen molar-refractivity contribution >= 4 is 43.5 Å². The molecule has 0 aliphatic rings. The molecule has 0 spiro atoms. The van der Waals surface area contributed by atoms with E-state index in [0.717, 1.165) is 16.6 Å². The van der Waals surface area contributed by atoms with Crippen LogP contribution >= 0.6 is 15.9 Å². The molecule has 0 aromatic heterocycles. The van der Waals surface area contributed by atoms with E-state index < -0.39 is 46.2 Å². The molecule has 0 unspecified atom stereocenters. The number of benzene rings is 3. The maximum Gasteiger partial charge on any atom is 0.416 e. The Morgan fingerprint density at radius 2 is 1.63 bits per heavy atom. The Hall–Kier alpha value is -3.38. The van der Waals surface area contributed by atoms with Crippen LogP contribution in [-0.2, 0) is 32.3 Å². The molecular formula is C26H25BrF3N3O4S. The number of nitrogens with one attached hydrogen (secondary N) is 1. The van der Waals surface area contributed by atoms with Crippen LogP contribution in [0.25, 0.3) is 0 Å². The van der Waals surface area contributed by atoms with Crippen molar-refractivity contribution in [3.8, 4) is 0 Å². The summed E-state index contributed by atoms with van der Waals surface area (Å²) in [7, 11) is -3.07. The minimum Gasteiger partial charge on any atom is -0.357 e. The Morgan fingerprint density at radius 1 is 0.974 bits per heavy atom. The van der Waals surface area contributed by atoms with Gasteiger partial charge in [-0.05, 0) is 55.0 Å². The smallest absolute Gasteiger partial charge is 0.357 e. The molecule has 3 aromatic carbocycles. The number of hydrogen-bond donors (Lipinski definition) is 1. The van der Waals surface area contributed by atoms with Crippen LogP contribution in [0.5, 0.6) is 0 Å². The Labute approximate surface area is 227 Å². The molecule has 2 amide bonds. The number of hydrogen-bond acceptors (Lipinski definition) is 4. The van der Waals surface area contributed by atoms with Gasteiger partial charge in [-0.1, -0.05) is 52.3 Å². The molecule has 38 heavy (non-hydrogen) atoms. The lowest BCUT2D eigenvalue weighted by atomic mass is 10.1. The highest BCUT2D eigenvalue weighted by Gasteiger charge is 2.35. The van der Waals surface area contributed by atoms with Gasteiger partial charge < -0.3 is 10.2 Å². The molecule has 202 valence electrons. The lowest BCUT2D eigenvalue weighted by Gasteiger charge is -2.32. The standard InChI is InChI=1S/C26H25BrF3N3O4S/c1-18(25(35)31-2)32(16-19-8-6-10-21(27)14-19)24(34)17-33(38(36,37)23-12-4-3-5-13-23)22-11-7-9-20(15-22)26(28,29)30/h3-15,18H,16-17H2,1-2H3,(H,31,35)/t18-/m0/s1. The van der Waals surface area contributed by atoms with Crippen LogP contribution in [-0.4, -0.2) is 44.8 Å². The Morgan fingerprint density at radius 3 is 2.24 bits per heavy atom. The van der Waals surface area contributed by atoms with Gasteiger partial charge in [0.25, 0.3) is 10.0 Å². The number of alkyl halides is 3. The van der Waals surface area contributed by atoms with E-state index in [4.69, 9.17) is 0 Å². The lowest BCUT2D eigenvalue weighted by molar-refractivity contribution is -0.139. The third-order valence-corrected chi connectivity index (χ3v) is 8.01. The Bertz CT molecular complexity index is 1400. The summed E-state index contributed by atoms with van der Waals surface area (Å²) in [6.07, 6.45) is -4.73. The molecule has 12 heteroatoms. The highest BCUT2D eigenvalue weighted by molar-refractivity contribution is 9.10. The minimum atomic E-state index is -4.73. The monoisotopic (exact) mass is 611 g/mol. The van der Waals surface area contributed by atoms with Crippen LogP contribution in [0.15, 0.2) is 88.2 Å². The fourth-order valence-electron chi connectivity index (χ4n) is 3.71. The Kier molecular flexibility index (Phi) is 9.21. The van der Waals surface area contributed by atoms with Crippen LogP contribution in [0.4, 0.5) is 18.9 Å². The minimum absolute atomic E-state index is 0.0469. The van der Waals surface area contributed by atoms with Gasteiger partial charge in [-0.15, -0.1) is 0 Å². The van der Waals surface area contributed by atoms with Gasteiger partial charge in [0.1, 0.15) is 12.6 Å². The van der Waals surface area contributed by atoms with E-state index in [1.807, 2.05) is 0 Å². The van der Waals surface area contributed by atoms with E-state index in [1.54, 1.807) is 30.3 Å². The van der Waals surface area contributed by atoms with Crippen LogP contribution in [0.3, 0.4) is 0 Å². The summed E-state index contributed by atoms with van der Waals surface area (Å²) in [5.74, 6) is -1.28. The summed E-state index contributed by atoms with van der Waals surface area (Å²) in [6, 6.07) is 16.8. The van der Waals surface area contributed by atoms with Gasteiger partial charge in [0.15, 0.2) is 0 Å². The molecule has 0 saturated carbocycles. The van der Waals surface area contributed by atoms with Crippen LogP contribution in [0.2, 0.25) is 0 Å². The largest absolute Gasteiger partial charge is 0.416 e. The quantitative estimate of drug-likeness (QED) is 0.376. The average molecular weight is 612 g/mol. The van der Waals surface area contributed by atoms with Gasteiger partial charge >= 0.3 is 6.18 Å². The van der Waals surface area contributed by atoms with Crippen molar-refractivity contribution in [2.75, 3.05) is 17.9 Å². The van der Waals surface area contributed by atoms with Crippen LogP contribution < -0.4 is 9.62 Å². The first kappa shape index (κ1) is 29.2. The van der Waals surface area contributed by atoms with E-state index in [9.17, 15) is 31.2 Å². The second-order valence-electron chi connectivity index (χ2n) is 8.31. The summed E-state index contributed by atoms with van der Waals surface area (Å²) in [4.78, 5) is 27.1. The molecule has 0 saturated heterocycles. The maximum absolute atomic E-state index is 13.6. The highest BCUT2D eigenvalue weighted by Crippen LogP contribution is 2.33. The zero-order valence-electron chi connectivity index (χ0n) is 20.4. The van der Waals surface area contributed by atoms with Crippen molar-refractivity contribution in [3.63, 3.8) is 0 Å². The number of amides is 2. The number of carbonyl (C=O) groups excluding carboxylic acids is 2. The Balaban J connectivity index is 2.08. The third-order valence-electron chi connectivity index (χ3n) is 5.73. The molecule has 3 rings (SSSR count). The first-order valence-electron chi connectivity index (χ1n) is 11.3. The van der Waals surface area contributed by atoms with Crippen molar-refractivity contribution in [3.05, 3.63) is 94.5 Å². The van der Waals surface area contributed by atoms with Crippen molar-refractivity contribution in [1.82, 2.24) is 10.2 Å². The normalized spacial score (nSPS) is 12.5. The molecule has 1 N–H and O–H groups in total. The molecule has 0 radical (unpaired) electrons. The fraction of sp³-hybridized carbons (Fsp3) is 0.231. The molecular weight excluding hydrogens is 587 g/mol. The zero-order chi connectivity index (χ0) is 28.1. The van der Waals surface area contributed by atoms with Gasteiger partial charge in [0.05, 0.1) is 16.1 Å². The van der Waals surface area contributed by atoms with E-state index in [-0.39, 0.29) is 17.1 Å². The molecule has 0 bridgehead atoms. The van der Waals surface area contributed by atoms with Crippen molar-refractivity contribution in [2.45, 2.75) is 30.6 Å². The molecule has 0 fully saturated rings. The summed E-state index contributed by atoms with van der Waals surface area (Å²) >= 11 is 3.35. The van der Waals surface area contributed by atoms with Crippen LogP contribution in [0, 0.1) is 0 Å². The van der Waals surface area contributed by atoms with E-state index >= 15 is 0 Å². The average Bonchev–Trinajstić information content (AvgIpc) is 2.89. The van der Waals surface area contributed by atoms with E-state index in [1.165, 1.54) is 49.2 Å². The third kappa shape index (κ3) is 6.93. The second kappa shape index (κ2) is 12.0. The van der Waals surface area contributed by atoms with Crippen LogP contribution in [0.1, 0.15) is 18.1 Å². The first-order chi connectivity index (χ1) is 17.8. The second-order valence-corrected chi connectivity index (χ2v) is 11.1. The molecule has 0 heterocycles. The summed E-state index contributed by atoms with van der Waals surface area (Å²) in [6.45, 7) is 0.595. The number of carbonyl (C=O) groups is 2. The van der Waals surface area contributed by atoms with Gasteiger partial charge in [-0.25, -0.2) is 8.42 Å². The van der Waals surface area contributed by atoms with Gasteiger partial charge in [0.2, 0.25) is 11.8 Å². The number of halogens is 4. The van der Waals surface area contributed by atoms with Crippen molar-refractivity contribution in [1.29, 1.82) is 0 Å². The van der Waals surface area contributed by atoms with Crippen molar-refractivity contribution in [2.24, 2.45) is 0 Å². The summed E-state index contributed by atoms with van der Waals surface area (Å²) < 4.78 is 68.9. The van der Waals surface area contributed by atoms with Gasteiger partial charge in [-0.2, -0.15) is 13.2 Å². The summed E-state index contributed by atoms with van der Waals surface area (Å²) in [5.41, 5.74) is -0.757. The zero-order valence-corrected chi connectivity index (χ0v) is 22.8. The predicted octanol–water partition coefficient (Wildman–Crippen LogP) is 4.83. The van der Waals surface area contributed by atoms with E-state index in [0.29, 0.717) is 15.9 Å². The van der Waals surface area contributed by atoms with Crippen molar-refractivity contribution < 1.29 is 31.2 Å². The number of rotatable bonds is 9. The SMILES string of the molecule is CNC(=O)[C@H](C)N(Cc1cccc(Br)c1)C(=O)CN(c1cccc(C(F)(F)F)c1)S(=O)(=O)c1ccccc1. The number of nitrogens with zero attached hydrogens (tertiary/aromatic N) is 2. The summed E-state index contributed by atoms with van der Waals surface area (Å²) in [5, 5.41) is 2.46. The van der Waals surface area contributed by atoms with E-state index in [2.05, 4.69) is 21.2 Å².